The highest BCUT2D eigenvalue weighted by molar-refractivity contribution is 7.89. The third-order valence-electron chi connectivity index (χ3n) is 5.88. The zero-order chi connectivity index (χ0) is 34.5. The van der Waals surface area contributed by atoms with Gasteiger partial charge in [0.2, 0.25) is 27.8 Å². The molecule has 0 saturated heterocycles. The maximum Gasteiger partial charge on any atom is 0.423 e. The molecule has 0 aliphatic heterocycles. The number of anilines is 1. The molecule has 13 nitrogen and oxygen atoms in total. The van der Waals surface area contributed by atoms with Gasteiger partial charge in [-0.2, -0.15) is 4.90 Å². The van der Waals surface area contributed by atoms with Crippen LogP contribution in [-0.4, -0.2) is 53.8 Å². The molecule has 0 aliphatic rings. The minimum absolute atomic E-state index is 0.0124. The molecule has 3 aromatic carbocycles. The molecule has 3 aromatic rings. The van der Waals surface area contributed by atoms with Crippen LogP contribution in [0.2, 0.25) is 0 Å². The Kier molecular flexibility index (Phi) is 13.6. The number of benzene rings is 3. The molecule has 0 unspecified atom stereocenters. The smallest absolute Gasteiger partial charge is 0.423 e. The number of aliphatic carboxylic acids is 1. The van der Waals surface area contributed by atoms with Crippen LogP contribution in [0.1, 0.15) is 50.3 Å². The quantitative estimate of drug-likeness (QED) is 0.121. The number of carboxylic acid groups (broad SMARTS) is 1. The second-order valence-corrected chi connectivity index (χ2v) is 12.7. The number of nitrogens with two attached hydrogens (primary N) is 1. The fourth-order valence-electron chi connectivity index (χ4n) is 3.86. The maximum absolute atomic E-state index is 12.3. The molecular weight excluding hydrogens is 614 g/mol. The molecule has 14 heteroatoms. The molecule has 0 fully saturated rings. The number of ether oxygens (including phenoxy) is 1. The SMILES string of the molecule is Cc1ccccc1S(=O)(=O)NC(C)(C)C.N=C(N)N(C(=O)CC(=O)Nc1ccc(CCC(=O)O)cc1)C(=O)OCc1ccccc1. The van der Waals surface area contributed by atoms with E-state index in [-0.39, 0.29) is 17.9 Å². The van der Waals surface area contributed by atoms with E-state index >= 15 is 0 Å². The Balaban J connectivity index is 0.000000410. The number of nitrogens with zero attached hydrogens (tertiary/aromatic N) is 1. The summed E-state index contributed by atoms with van der Waals surface area (Å²) in [6.07, 6.45) is -1.56. The van der Waals surface area contributed by atoms with Crippen LogP contribution in [0, 0.1) is 12.3 Å². The highest BCUT2D eigenvalue weighted by Gasteiger charge is 2.28. The Morgan fingerprint density at radius 3 is 2.04 bits per heavy atom. The topological polar surface area (TPSA) is 209 Å². The van der Waals surface area contributed by atoms with Crippen molar-refractivity contribution in [2.45, 2.75) is 64.0 Å². The molecular formula is C32H39N5O8S. The van der Waals surface area contributed by atoms with Crippen molar-refractivity contribution in [3.8, 4) is 0 Å². The Morgan fingerprint density at radius 2 is 1.50 bits per heavy atom. The number of rotatable bonds is 10. The van der Waals surface area contributed by atoms with Crippen LogP contribution in [0.5, 0.6) is 0 Å². The Hall–Kier alpha value is -5.08. The number of amides is 3. The van der Waals surface area contributed by atoms with E-state index in [0.29, 0.717) is 22.6 Å². The fourth-order valence-corrected chi connectivity index (χ4v) is 5.53. The number of carboxylic acids is 1. The van der Waals surface area contributed by atoms with Crippen molar-refractivity contribution < 1.29 is 37.4 Å². The summed E-state index contributed by atoms with van der Waals surface area (Å²) in [6.45, 7) is 7.13. The molecule has 0 heterocycles. The number of aryl methyl sites for hydroxylation is 2. The van der Waals surface area contributed by atoms with Crippen molar-refractivity contribution in [3.63, 3.8) is 0 Å². The molecule has 46 heavy (non-hydrogen) atoms. The van der Waals surface area contributed by atoms with Crippen LogP contribution < -0.4 is 15.8 Å². The molecule has 0 spiro atoms. The highest BCUT2D eigenvalue weighted by atomic mass is 32.2. The van der Waals surface area contributed by atoms with Gasteiger partial charge in [-0.3, -0.25) is 19.8 Å². The standard InChI is InChI=1S/C21H22N4O6.C11H17NO2S/c22-20(23)25(21(30)31-13-15-4-2-1-3-5-15)18(27)12-17(26)24-16-9-6-14(7-10-16)8-11-19(28)29;1-9-7-5-6-8-10(9)15(13,14)12-11(2,3)4/h1-7,9-10H,8,11-13H2,(H3,22,23)(H,24,26)(H,28,29);5-8,12H,1-4H3. The van der Waals surface area contributed by atoms with Crippen molar-refractivity contribution in [2.75, 3.05) is 5.32 Å². The average Bonchev–Trinajstić information content (AvgIpc) is 2.95. The van der Waals surface area contributed by atoms with Gasteiger partial charge < -0.3 is 20.9 Å². The van der Waals surface area contributed by atoms with E-state index in [1.807, 2.05) is 26.8 Å². The summed E-state index contributed by atoms with van der Waals surface area (Å²) in [7, 11) is -3.40. The third-order valence-corrected chi connectivity index (χ3v) is 7.80. The largest absolute Gasteiger partial charge is 0.481 e. The average molecular weight is 654 g/mol. The summed E-state index contributed by atoms with van der Waals surface area (Å²) in [5.41, 5.74) is 7.46. The lowest BCUT2D eigenvalue weighted by Gasteiger charge is -2.21. The summed E-state index contributed by atoms with van der Waals surface area (Å²) < 4.78 is 31.5. The van der Waals surface area contributed by atoms with E-state index < -0.39 is 51.8 Å². The molecule has 3 amide bonds. The van der Waals surface area contributed by atoms with Gasteiger partial charge in [0.25, 0.3) is 0 Å². The summed E-state index contributed by atoms with van der Waals surface area (Å²) in [5, 5.41) is 18.6. The van der Waals surface area contributed by atoms with Crippen molar-refractivity contribution >= 4 is 45.5 Å². The van der Waals surface area contributed by atoms with Crippen LogP contribution in [0.4, 0.5) is 10.5 Å². The van der Waals surface area contributed by atoms with Gasteiger partial charge in [-0.15, -0.1) is 0 Å². The van der Waals surface area contributed by atoms with Gasteiger partial charge in [-0.05, 0) is 69.0 Å². The predicted octanol–water partition coefficient (Wildman–Crippen LogP) is 4.16. The molecule has 246 valence electrons. The normalized spacial score (nSPS) is 11.0. The number of guanidine groups is 1. The predicted molar refractivity (Wildman–Crippen MR) is 172 cm³/mol. The number of hydrogen-bond acceptors (Lipinski definition) is 8. The number of carbonyl (C=O) groups is 4. The van der Waals surface area contributed by atoms with E-state index in [1.165, 1.54) is 0 Å². The molecule has 0 bridgehead atoms. The minimum Gasteiger partial charge on any atom is -0.481 e. The van der Waals surface area contributed by atoms with Crippen LogP contribution in [0.15, 0.2) is 83.8 Å². The van der Waals surface area contributed by atoms with E-state index in [0.717, 1.165) is 11.1 Å². The number of sulfonamides is 1. The monoisotopic (exact) mass is 653 g/mol. The van der Waals surface area contributed by atoms with Crippen molar-refractivity contribution in [2.24, 2.45) is 5.73 Å². The van der Waals surface area contributed by atoms with Gasteiger partial charge in [0.1, 0.15) is 13.0 Å². The zero-order valence-corrected chi connectivity index (χ0v) is 26.9. The van der Waals surface area contributed by atoms with E-state index in [9.17, 15) is 27.6 Å². The van der Waals surface area contributed by atoms with Gasteiger partial charge >= 0.3 is 12.1 Å². The van der Waals surface area contributed by atoms with Crippen LogP contribution in [0.25, 0.3) is 0 Å². The highest BCUT2D eigenvalue weighted by Crippen LogP contribution is 2.16. The van der Waals surface area contributed by atoms with Crippen molar-refractivity contribution in [3.05, 3.63) is 95.6 Å². The van der Waals surface area contributed by atoms with Crippen LogP contribution >= 0.6 is 0 Å². The molecule has 0 aliphatic carbocycles. The molecule has 0 aromatic heterocycles. The first kappa shape index (κ1) is 37.1. The summed E-state index contributed by atoms with van der Waals surface area (Å²) in [4.78, 5) is 47.9. The van der Waals surface area contributed by atoms with E-state index in [1.54, 1.807) is 79.7 Å². The molecule has 0 radical (unpaired) electrons. The number of nitrogens with one attached hydrogen (secondary N) is 3. The summed E-state index contributed by atoms with van der Waals surface area (Å²) in [5.74, 6) is -3.50. The Morgan fingerprint density at radius 1 is 0.913 bits per heavy atom. The van der Waals surface area contributed by atoms with Gasteiger partial charge in [0, 0.05) is 17.6 Å². The molecule has 6 N–H and O–H groups in total. The number of imide groups is 1. The van der Waals surface area contributed by atoms with Crippen LogP contribution in [-0.2, 0) is 42.2 Å². The second kappa shape index (κ2) is 16.8. The maximum atomic E-state index is 12.3. The second-order valence-electron chi connectivity index (χ2n) is 11.1. The third kappa shape index (κ3) is 12.9. The minimum atomic E-state index is -3.40. The summed E-state index contributed by atoms with van der Waals surface area (Å²) >= 11 is 0. The first-order valence-electron chi connectivity index (χ1n) is 14.1. The Bertz CT molecular complexity index is 1640. The van der Waals surface area contributed by atoms with Gasteiger partial charge in [0.05, 0.1) is 4.90 Å². The Labute approximate surface area is 268 Å². The fraction of sp³-hybridized carbons (Fsp3) is 0.281. The number of carbonyl (C=O) groups excluding carboxylic acids is 3. The van der Waals surface area contributed by atoms with Gasteiger partial charge in [-0.25, -0.2) is 17.9 Å². The molecule has 3 rings (SSSR count). The van der Waals surface area contributed by atoms with Crippen LogP contribution in [0.3, 0.4) is 0 Å². The van der Waals surface area contributed by atoms with Crippen molar-refractivity contribution in [1.29, 1.82) is 5.41 Å². The van der Waals surface area contributed by atoms with E-state index in [4.69, 9.17) is 21.0 Å². The lowest BCUT2D eigenvalue weighted by Crippen LogP contribution is -2.46. The molecule has 0 atom stereocenters. The first-order chi connectivity index (χ1) is 21.5. The molecule has 0 saturated carbocycles. The van der Waals surface area contributed by atoms with E-state index in [2.05, 4.69) is 10.0 Å². The van der Waals surface area contributed by atoms with Crippen molar-refractivity contribution in [1.82, 2.24) is 9.62 Å². The lowest BCUT2D eigenvalue weighted by molar-refractivity contribution is -0.137. The first-order valence-corrected chi connectivity index (χ1v) is 15.5. The zero-order valence-electron chi connectivity index (χ0n) is 26.1. The number of hydrogen-bond donors (Lipinski definition) is 5. The lowest BCUT2D eigenvalue weighted by atomic mass is 10.1. The summed E-state index contributed by atoms with van der Waals surface area (Å²) in [6, 6.07) is 22.1. The van der Waals surface area contributed by atoms with Gasteiger partial charge in [0.15, 0.2) is 0 Å². The van der Waals surface area contributed by atoms with Gasteiger partial charge in [-0.1, -0.05) is 60.7 Å².